The Labute approximate surface area is 127 Å². The van der Waals surface area contributed by atoms with Crippen molar-refractivity contribution in [1.29, 1.82) is 0 Å². The fourth-order valence-electron chi connectivity index (χ4n) is 2.60. The van der Waals surface area contributed by atoms with E-state index >= 15 is 0 Å². The van der Waals surface area contributed by atoms with Crippen LogP contribution in [-0.4, -0.2) is 0 Å². The molecule has 106 valence electrons. The van der Waals surface area contributed by atoms with Gasteiger partial charge in [-0.05, 0) is 30.4 Å². The van der Waals surface area contributed by atoms with Crippen LogP contribution in [0.15, 0.2) is 48.5 Å². The van der Waals surface area contributed by atoms with E-state index in [2.05, 4.69) is 83.1 Å². The molecule has 0 unspecified atom stereocenters. The number of hydrogen-bond acceptors (Lipinski definition) is 0. The molecule has 0 fully saturated rings. The van der Waals surface area contributed by atoms with E-state index in [9.17, 15) is 0 Å². The standard InChI is InChI=1S/C19H23Cl/c1-14-6-10-16(11-7-14)19(20,18(3,4)5)17-12-8-15(2)9-13-17/h6-13H,1-5H3. The smallest absolute Gasteiger partial charge is 0.0992 e. The van der Waals surface area contributed by atoms with Crippen molar-refractivity contribution >= 4 is 11.6 Å². The molecule has 0 aliphatic carbocycles. The van der Waals surface area contributed by atoms with Crippen molar-refractivity contribution < 1.29 is 0 Å². The first kappa shape index (κ1) is 15.1. The third-order valence-electron chi connectivity index (χ3n) is 3.93. The van der Waals surface area contributed by atoms with Gasteiger partial charge in [0.1, 0.15) is 0 Å². The Morgan fingerprint density at radius 3 is 1.20 bits per heavy atom. The Bertz CT molecular complexity index is 525. The lowest BCUT2D eigenvalue weighted by molar-refractivity contribution is 0.318. The van der Waals surface area contributed by atoms with Crippen LogP contribution < -0.4 is 0 Å². The van der Waals surface area contributed by atoms with Gasteiger partial charge < -0.3 is 0 Å². The molecule has 0 atom stereocenters. The lowest BCUT2D eigenvalue weighted by Crippen LogP contribution is -2.35. The molecule has 2 rings (SSSR count). The van der Waals surface area contributed by atoms with Gasteiger partial charge in [0.25, 0.3) is 0 Å². The maximum Gasteiger partial charge on any atom is 0.0992 e. The molecule has 0 heterocycles. The molecule has 2 aromatic rings. The molecule has 0 saturated carbocycles. The fraction of sp³-hybridized carbons (Fsp3) is 0.368. The van der Waals surface area contributed by atoms with Gasteiger partial charge in [0.15, 0.2) is 0 Å². The first-order valence-corrected chi connectivity index (χ1v) is 7.46. The second-order valence-electron chi connectivity index (χ2n) is 6.64. The summed E-state index contributed by atoms with van der Waals surface area (Å²) < 4.78 is 0. The summed E-state index contributed by atoms with van der Waals surface area (Å²) in [6.45, 7) is 10.8. The van der Waals surface area contributed by atoms with Gasteiger partial charge in [-0.15, -0.1) is 11.6 Å². The molecule has 2 aromatic carbocycles. The van der Waals surface area contributed by atoms with Crippen molar-refractivity contribution in [3.8, 4) is 0 Å². The average molecular weight is 287 g/mol. The minimum absolute atomic E-state index is 0.0843. The molecule has 0 amide bonds. The summed E-state index contributed by atoms with van der Waals surface area (Å²) in [5, 5.41) is 0. The predicted molar refractivity (Wildman–Crippen MR) is 88.4 cm³/mol. The number of hydrogen-bond donors (Lipinski definition) is 0. The van der Waals surface area contributed by atoms with Crippen LogP contribution in [0.5, 0.6) is 0 Å². The number of alkyl halides is 1. The summed E-state index contributed by atoms with van der Waals surface area (Å²) in [5.74, 6) is 0. The Hall–Kier alpha value is -1.27. The lowest BCUT2D eigenvalue weighted by atomic mass is 9.71. The van der Waals surface area contributed by atoms with Crippen LogP contribution in [0, 0.1) is 19.3 Å². The fourth-order valence-corrected chi connectivity index (χ4v) is 2.85. The summed E-state index contributed by atoms with van der Waals surface area (Å²) in [6.07, 6.45) is 0. The Kier molecular flexibility index (Phi) is 3.97. The summed E-state index contributed by atoms with van der Waals surface area (Å²) in [7, 11) is 0. The van der Waals surface area contributed by atoms with Crippen LogP contribution >= 0.6 is 11.6 Å². The summed E-state index contributed by atoms with van der Waals surface area (Å²) in [5.41, 5.74) is 4.73. The highest BCUT2D eigenvalue weighted by atomic mass is 35.5. The molecule has 1 heteroatoms. The number of halogens is 1. The van der Waals surface area contributed by atoms with Gasteiger partial charge in [0.05, 0.1) is 4.87 Å². The van der Waals surface area contributed by atoms with Crippen molar-refractivity contribution in [2.24, 2.45) is 5.41 Å². The second kappa shape index (κ2) is 5.26. The minimum atomic E-state index is -0.519. The first-order chi connectivity index (χ1) is 9.25. The third-order valence-corrected chi connectivity index (χ3v) is 4.94. The van der Waals surface area contributed by atoms with Gasteiger partial charge in [-0.2, -0.15) is 0 Å². The molecule has 0 aliphatic rings. The molecular formula is C19H23Cl. The Morgan fingerprint density at radius 1 is 0.650 bits per heavy atom. The van der Waals surface area contributed by atoms with Crippen molar-refractivity contribution in [2.75, 3.05) is 0 Å². The topological polar surface area (TPSA) is 0 Å². The number of benzene rings is 2. The quantitative estimate of drug-likeness (QED) is 0.609. The molecule has 0 saturated heterocycles. The van der Waals surface area contributed by atoms with Crippen LogP contribution in [0.25, 0.3) is 0 Å². The highest BCUT2D eigenvalue weighted by Gasteiger charge is 2.43. The van der Waals surface area contributed by atoms with Gasteiger partial charge >= 0.3 is 0 Å². The van der Waals surface area contributed by atoms with Gasteiger partial charge in [0, 0.05) is 0 Å². The predicted octanol–water partition coefficient (Wildman–Crippen LogP) is 5.83. The highest BCUT2D eigenvalue weighted by molar-refractivity contribution is 6.26. The van der Waals surface area contributed by atoms with E-state index in [0.29, 0.717) is 0 Å². The normalized spacial score (nSPS) is 12.5. The Morgan fingerprint density at radius 2 is 0.950 bits per heavy atom. The zero-order valence-electron chi connectivity index (χ0n) is 13.0. The van der Waals surface area contributed by atoms with Crippen molar-refractivity contribution in [3.63, 3.8) is 0 Å². The second-order valence-corrected chi connectivity index (χ2v) is 7.21. The van der Waals surface area contributed by atoms with Gasteiger partial charge in [-0.1, -0.05) is 80.4 Å². The van der Waals surface area contributed by atoms with E-state index in [4.69, 9.17) is 11.6 Å². The van der Waals surface area contributed by atoms with Crippen molar-refractivity contribution in [1.82, 2.24) is 0 Å². The van der Waals surface area contributed by atoms with Crippen molar-refractivity contribution in [3.05, 3.63) is 70.8 Å². The molecule has 0 radical (unpaired) electrons. The van der Waals surface area contributed by atoms with Gasteiger partial charge in [-0.25, -0.2) is 0 Å². The average Bonchev–Trinajstić information content (AvgIpc) is 2.38. The van der Waals surface area contributed by atoms with Crippen LogP contribution in [0.2, 0.25) is 0 Å². The molecule has 0 nitrogen and oxygen atoms in total. The lowest BCUT2D eigenvalue weighted by Gasteiger charge is -2.41. The van der Waals surface area contributed by atoms with E-state index < -0.39 is 4.87 Å². The van der Waals surface area contributed by atoms with Gasteiger partial charge in [-0.3, -0.25) is 0 Å². The molecule has 0 aromatic heterocycles. The largest absolute Gasteiger partial charge is 0.108 e. The first-order valence-electron chi connectivity index (χ1n) is 7.08. The SMILES string of the molecule is Cc1ccc(C(Cl)(c2ccc(C)cc2)C(C)(C)C)cc1. The van der Waals surface area contributed by atoms with Crippen LogP contribution in [0.4, 0.5) is 0 Å². The van der Waals surface area contributed by atoms with Crippen LogP contribution in [0.3, 0.4) is 0 Å². The summed E-state index contributed by atoms with van der Waals surface area (Å²) in [6, 6.07) is 17.1. The maximum absolute atomic E-state index is 7.17. The van der Waals surface area contributed by atoms with E-state index in [1.165, 1.54) is 11.1 Å². The Balaban J connectivity index is 2.62. The molecule has 0 spiro atoms. The van der Waals surface area contributed by atoms with Crippen LogP contribution in [0.1, 0.15) is 43.0 Å². The van der Waals surface area contributed by atoms with E-state index in [-0.39, 0.29) is 5.41 Å². The third kappa shape index (κ3) is 2.62. The van der Waals surface area contributed by atoms with E-state index in [1.807, 2.05) is 0 Å². The van der Waals surface area contributed by atoms with Crippen LogP contribution in [-0.2, 0) is 4.87 Å². The monoisotopic (exact) mass is 286 g/mol. The highest BCUT2D eigenvalue weighted by Crippen LogP contribution is 2.50. The summed E-state index contributed by atoms with van der Waals surface area (Å²) >= 11 is 7.17. The molecule has 20 heavy (non-hydrogen) atoms. The molecule has 0 bridgehead atoms. The molecule has 0 N–H and O–H groups in total. The van der Waals surface area contributed by atoms with E-state index in [0.717, 1.165) is 11.1 Å². The molecule has 0 aliphatic heterocycles. The van der Waals surface area contributed by atoms with Gasteiger partial charge in [0.2, 0.25) is 0 Å². The molecular weight excluding hydrogens is 264 g/mol. The number of aryl methyl sites for hydroxylation is 2. The zero-order valence-corrected chi connectivity index (χ0v) is 13.8. The van der Waals surface area contributed by atoms with Crippen molar-refractivity contribution in [2.45, 2.75) is 39.5 Å². The zero-order chi connectivity index (χ0) is 15.0. The minimum Gasteiger partial charge on any atom is -0.108 e. The number of rotatable bonds is 2. The summed E-state index contributed by atoms with van der Waals surface area (Å²) in [4.78, 5) is -0.519. The maximum atomic E-state index is 7.17. The van der Waals surface area contributed by atoms with E-state index in [1.54, 1.807) is 0 Å².